The normalized spacial score (nSPS) is 13.4. The third kappa shape index (κ3) is 2.67. The number of aromatic nitrogens is 1. The van der Waals surface area contributed by atoms with Gasteiger partial charge in [0.25, 0.3) is 16.0 Å². The lowest BCUT2D eigenvalue weighted by Crippen LogP contribution is -2.34. The van der Waals surface area contributed by atoms with Gasteiger partial charge in [0.15, 0.2) is 4.90 Å². The van der Waals surface area contributed by atoms with Crippen LogP contribution in [0.5, 0.6) is 11.8 Å². The van der Waals surface area contributed by atoms with Crippen LogP contribution in [-0.2, 0) is 14.9 Å². The van der Waals surface area contributed by atoms with Crippen molar-refractivity contribution in [3.8, 4) is 11.8 Å². The van der Waals surface area contributed by atoms with Gasteiger partial charge < -0.3 is 20.8 Å². The smallest absolute Gasteiger partial charge is 0.349 e. The first-order valence-corrected chi connectivity index (χ1v) is 5.67. The first-order chi connectivity index (χ1) is 7.64. The summed E-state index contributed by atoms with van der Waals surface area (Å²) in [6.45, 7) is 1.28. The van der Waals surface area contributed by atoms with Crippen molar-refractivity contribution in [1.29, 1.82) is 0 Å². The van der Waals surface area contributed by atoms with Gasteiger partial charge in [0, 0.05) is 6.07 Å². The van der Waals surface area contributed by atoms with E-state index in [2.05, 4.69) is 4.84 Å². The average Bonchev–Trinajstić information content (AvgIpc) is 2.44. The molecule has 1 rings (SSSR count). The van der Waals surface area contributed by atoms with Crippen LogP contribution in [0, 0.1) is 0 Å². The summed E-state index contributed by atoms with van der Waals surface area (Å²) in [5, 5.41) is 18.5. The van der Waals surface area contributed by atoms with Crippen molar-refractivity contribution in [3.05, 3.63) is 6.07 Å². The van der Waals surface area contributed by atoms with Crippen molar-refractivity contribution in [2.75, 3.05) is 0 Å². The molecule has 0 aliphatic heterocycles. The van der Waals surface area contributed by atoms with Gasteiger partial charge in [-0.15, -0.1) is 4.73 Å². The fourth-order valence-electron chi connectivity index (χ4n) is 0.902. The van der Waals surface area contributed by atoms with Crippen LogP contribution < -0.4 is 10.6 Å². The van der Waals surface area contributed by atoms with Gasteiger partial charge in [0.2, 0.25) is 5.88 Å². The Morgan fingerprint density at radius 2 is 2.06 bits per heavy atom. The van der Waals surface area contributed by atoms with Crippen LogP contribution in [0.15, 0.2) is 11.0 Å². The third-order valence-corrected chi connectivity index (χ3v) is 2.57. The molecule has 0 spiro atoms. The van der Waals surface area contributed by atoms with Crippen LogP contribution in [0.2, 0.25) is 0 Å². The minimum absolute atomic E-state index is 0.134. The van der Waals surface area contributed by atoms with Crippen LogP contribution >= 0.6 is 0 Å². The average molecular weight is 266 g/mol. The van der Waals surface area contributed by atoms with E-state index in [0.717, 1.165) is 0 Å². The van der Waals surface area contributed by atoms with Gasteiger partial charge in [-0.25, -0.2) is 4.79 Å². The highest BCUT2D eigenvalue weighted by molar-refractivity contribution is 7.86. The Morgan fingerprint density at radius 1 is 1.53 bits per heavy atom. The van der Waals surface area contributed by atoms with Crippen molar-refractivity contribution in [2.45, 2.75) is 17.9 Å². The van der Waals surface area contributed by atoms with Gasteiger partial charge >= 0.3 is 5.97 Å². The zero-order valence-corrected chi connectivity index (χ0v) is 9.38. The molecule has 1 atom stereocenters. The van der Waals surface area contributed by atoms with Crippen LogP contribution in [-0.4, -0.2) is 39.9 Å². The van der Waals surface area contributed by atoms with E-state index in [-0.39, 0.29) is 4.73 Å². The largest absolute Gasteiger partial charge is 0.492 e. The molecule has 0 unspecified atom stereocenters. The molecule has 1 heterocycles. The second-order valence-electron chi connectivity index (χ2n) is 3.16. The van der Waals surface area contributed by atoms with E-state index in [4.69, 9.17) is 10.3 Å². The van der Waals surface area contributed by atoms with E-state index in [0.29, 0.717) is 6.07 Å². The van der Waals surface area contributed by atoms with E-state index in [1.807, 2.05) is 0 Å². The van der Waals surface area contributed by atoms with Crippen molar-refractivity contribution in [1.82, 2.24) is 4.73 Å². The van der Waals surface area contributed by atoms with E-state index in [1.54, 1.807) is 0 Å². The van der Waals surface area contributed by atoms with Crippen LogP contribution in [0.4, 0.5) is 0 Å². The highest BCUT2D eigenvalue weighted by Crippen LogP contribution is 2.29. The maximum Gasteiger partial charge on any atom is 0.349 e. The van der Waals surface area contributed by atoms with Crippen LogP contribution in [0.1, 0.15) is 6.92 Å². The molecule has 17 heavy (non-hydrogen) atoms. The molecule has 96 valence electrons. The fraction of sp³-hybridized carbons (Fsp3) is 0.286. The second-order valence-corrected chi connectivity index (χ2v) is 4.55. The molecule has 10 heteroatoms. The molecule has 1 aromatic heterocycles. The molecule has 0 saturated carbocycles. The number of hydrogen-bond acceptors (Lipinski definition) is 7. The summed E-state index contributed by atoms with van der Waals surface area (Å²) in [5.74, 6) is -3.05. The molecule has 0 aromatic carbocycles. The molecule has 0 aliphatic carbocycles. The van der Waals surface area contributed by atoms with E-state index in [9.17, 15) is 23.4 Å². The summed E-state index contributed by atoms with van der Waals surface area (Å²) in [7, 11) is -4.74. The Bertz CT molecular complexity index is 545. The Morgan fingerprint density at radius 3 is 2.41 bits per heavy atom. The molecule has 0 amide bonds. The lowest BCUT2D eigenvalue weighted by molar-refractivity contribution is -0.146. The lowest BCUT2D eigenvalue weighted by Gasteiger charge is -2.08. The molecule has 5 N–H and O–H groups in total. The summed E-state index contributed by atoms with van der Waals surface area (Å²) in [6.07, 6.45) is 0. The van der Waals surface area contributed by atoms with Crippen molar-refractivity contribution in [3.63, 3.8) is 0 Å². The number of nitrogens with zero attached hydrogens (tertiary/aromatic N) is 1. The first kappa shape index (κ1) is 13.3. The standard InChI is InChI=1S/C7H10N2O7S/c1-3(8)7(12)16-9-5(10)2-4(6(9)11)17(13,14)15/h2-3,10-11H,8H2,1H3,(H,13,14,15)/t3-/m0/s1. The summed E-state index contributed by atoms with van der Waals surface area (Å²) in [6, 6.07) is -0.538. The van der Waals surface area contributed by atoms with E-state index < -0.39 is 38.8 Å². The molecule has 0 saturated heterocycles. The Labute approximate surface area is 95.7 Å². The number of hydrogen-bond donors (Lipinski definition) is 4. The number of carbonyl (C=O) groups is 1. The zero-order chi connectivity index (χ0) is 13.4. The summed E-state index contributed by atoms with van der Waals surface area (Å²) in [4.78, 5) is 14.5. The van der Waals surface area contributed by atoms with Gasteiger partial charge in [0.05, 0.1) is 0 Å². The minimum atomic E-state index is -4.74. The molecule has 9 nitrogen and oxygen atoms in total. The highest BCUT2D eigenvalue weighted by Gasteiger charge is 2.26. The van der Waals surface area contributed by atoms with E-state index in [1.165, 1.54) is 6.92 Å². The van der Waals surface area contributed by atoms with Gasteiger partial charge in [-0.3, -0.25) is 4.55 Å². The summed E-state index contributed by atoms with van der Waals surface area (Å²) in [5.41, 5.74) is 5.16. The Balaban J connectivity index is 3.20. The molecule has 0 bridgehead atoms. The van der Waals surface area contributed by atoms with Gasteiger partial charge in [0.1, 0.15) is 6.04 Å². The molecule has 0 fully saturated rings. The monoisotopic (exact) mass is 266 g/mol. The number of nitrogens with two attached hydrogens (primary N) is 1. The molecule has 0 radical (unpaired) electrons. The summed E-state index contributed by atoms with van der Waals surface area (Å²) >= 11 is 0. The second kappa shape index (κ2) is 4.24. The molecule has 0 aliphatic rings. The predicted octanol–water partition coefficient (Wildman–Crippen LogP) is -1.55. The minimum Gasteiger partial charge on any atom is -0.492 e. The Kier molecular flexibility index (Phi) is 3.31. The van der Waals surface area contributed by atoms with E-state index >= 15 is 0 Å². The molecule has 1 aromatic rings. The number of carbonyl (C=O) groups excluding carboxylic acids is 1. The number of rotatable bonds is 3. The zero-order valence-electron chi connectivity index (χ0n) is 8.56. The topological polar surface area (TPSA) is 152 Å². The van der Waals surface area contributed by atoms with Gasteiger partial charge in [-0.2, -0.15) is 8.42 Å². The summed E-state index contributed by atoms with van der Waals surface area (Å²) < 4.78 is 30.3. The fourth-order valence-corrected chi connectivity index (χ4v) is 1.47. The predicted molar refractivity (Wildman–Crippen MR) is 52.8 cm³/mol. The Hall–Kier alpha value is -1.78. The first-order valence-electron chi connectivity index (χ1n) is 4.23. The lowest BCUT2D eigenvalue weighted by atomic mass is 10.4. The number of aromatic hydroxyl groups is 2. The molecular formula is C7H10N2O7S. The maximum absolute atomic E-state index is 11.1. The van der Waals surface area contributed by atoms with Crippen molar-refractivity contribution >= 4 is 16.1 Å². The molecular weight excluding hydrogens is 256 g/mol. The van der Waals surface area contributed by atoms with Gasteiger partial charge in [-0.05, 0) is 6.92 Å². The van der Waals surface area contributed by atoms with Crippen LogP contribution in [0.25, 0.3) is 0 Å². The van der Waals surface area contributed by atoms with Crippen molar-refractivity contribution in [2.24, 2.45) is 5.73 Å². The van der Waals surface area contributed by atoms with Gasteiger partial charge in [-0.1, -0.05) is 0 Å². The highest BCUT2D eigenvalue weighted by atomic mass is 32.2. The maximum atomic E-state index is 11.1. The quantitative estimate of drug-likeness (QED) is 0.479. The van der Waals surface area contributed by atoms with Crippen molar-refractivity contribution < 1.29 is 32.8 Å². The third-order valence-electron chi connectivity index (χ3n) is 1.71. The van der Waals surface area contributed by atoms with Crippen LogP contribution in [0.3, 0.4) is 0 Å². The SMILES string of the molecule is C[C@H](N)C(=O)On1c(O)cc(S(=O)(=O)O)c1O.